The van der Waals surface area contributed by atoms with E-state index in [1.165, 1.54) is 5.56 Å². The summed E-state index contributed by atoms with van der Waals surface area (Å²) in [5.74, 6) is 1.78. The van der Waals surface area contributed by atoms with Crippen LogP contribution in [0.25, 0.3) is 0 Å². The minimum absolute atomic E-state index is 0.744. The molecular formula is C16H16BrClO. The molecule has 3 heteroatoms. The molecule has 0 radical (unpaired) electrons. The molecule has 0 heterocycles. The molecule has 19 heavy (non-hydrogen) atoms. The van der Waals surface area contributed by atoms with Crippen LogP contribution in [0.1, 0.15) is 22.3 Å². The zero-order chi connectivity index (χ0) is 14.0. The molecule has 0 atom stereocenters. The van der Waals surface area contributed by atoms with Crippen molar-refractivity contribution in [2.24, 2.45) is 0 Å². The number of rotatable bonds is 3. The van der Waals surface area contributed by atoms with Crippen LogP contribution in [-0.2, 0) is 5.33 Å². The molecule has 2 aromatic carbocycles. The van der Waals surface area contributed by atoms with E-state index in [1.54, 1.807) is 0 Å². The smallest absolute Gasteiger partial charge is 0.133 e. The molecule has 0 bridgehead atoms. The lowest BCUT2D eigenvalue weighted by molar-refractivity contribution is 0.471. The second-order valence-electron chi connectivity index (χ2n) is 4.70. The van der Waals surface area contributed by atoms with Gasteiger partial charge in [0.05, 0.1) is 0 Å². The Balaban J connectivity index is 2.36. The van der Waals surface area contributed by atoms with E-state index in [-0.39, 0.29) is 0 Å². The van der Waals surface area contributed by atoms with Crippen LogP contribution in [0.5, 0.6) is 11.5 Å². The summed E-state index contributed by atoms with van der Waals surface area (Å²) < 4.78 is 6.05. The summed E-state index contributed by atoms with van der Waals surface area (Å²) >= 11 is 9.49. The van der Waals surface area contributed by atoms with Gasteiger partial charge in [0.15, 0.2) is 0 Å². The van der Waals surface area contributed by atoms with E-state index in [2.05, 4.69) is 35.0 Å². The van der Waals surface area contributed by atoms with Gasteiger partial charge in [0, 0.05) is 10.4 Å². The third kappa shape index (κ3) is 3.31. The number of hydrogen-bond donors (Lipinski definition) is 0. The molecule has 0 fully saturated rings. The normalized spacial score (nSPS) is 10.6. The number of alkyl halides is 1. The summed E-state index contributed by atoms with van der Waals surface area (Å²) in [7, 11) is 0. The molecule has 0 aromatic heterocycles. The Morgan fingerprint density at radius 2 is 1.63 bits per heavy atom. The summed E-state index contributed by atoms with van der Waals surface area (Å²) in [6.45, 7) is 6.08. The Hall–Kier alpha value is -0.990. The Morgan fingerprint density at radius 3 is 2.16 bits per heavy atom. The van der Waals surface area contributed by atoms with Gasteiger partial charge in [-0.15, -0.1) is 0 Å². The standard InChI is InChI=1S/C16H16BrClO/c1-10-6-13(9-17)4-5-15(10)19-16-11(2)7-14(18)8-12(16)3/h4-8H,9H2,1-3H3. The lowest BCUT2D eigenvalue weighted by atomic mass is 10.1. The van der Waals surface area contributed by atoms with E-state index >= 15 is 0 Å². The lowest BCUT2D eigenvalue weighted by Gasteiger charge is -2.14. The van der Waals surface area contributed by atoms with E-state index < -0.39 is 0 Å². The highest BCUT2D eigenvalue weighted by atomic mass is 79.9. The van der Waals surface area contributed by atoms with Crippen LogP contribution in [0, 0.1) is 20.8 Å². The van der Waals surface area contributed by atoms with E-state index in [4.69, 9.17) is 16.3 Å². The highest BCUT2D eigenvalue weighted by molar-refractivity contribution is 9.08. The SMILES string of the molecule is Cc1cc(CBr)ccc1Oc1c(C)cc(Cl)cc1C. The fourth-order valence-corrected chi connectivity index (χ4v) is 2.75. The topological polar surface area (TPSA) is 9.23 Å². The fraction of sp³-hybridized carbons (Fsp3) is 0.250. The van der Waals surface area contributed by atoms with Crippen molar-refractivity contribution in [2.45, 2.75) is 26.1 Å². The molecule has 0 saturated carbocycles. The van der Waals surface area contributed by atoms with Crippen molar-refractivity contribution in [2.75, 3.05) is 0 Å². The van der Waals surface area contributed by atoms with Crippen LogP contribution >= 0.6 is 27.5 Å². The van der Waals surface area contributed by atoms with Crippen LogP contribution in [0.15, 0.2) is 30.3 Å². The largest absolute Gasteiger partial charge is 0.457 e. The van der Waals surface area contributed by atoms with Crippen LogP contribution in [0.4, 0.5) is 0 Å². The van der Waals surface area contributed by atoms with Crippen LogP contribution in [0.2, 0.25) is 5.02 Å². The Bertz CT molecular complexity index is 585. The Labute approximate surface area is 127 Å². The predicted molar refractivity (Wildman–Crippen MR) is 84.8 cm³/mol. The lowest BCUT2D eigenvalue weighted by Crippen LogP contribution is -1.94. The third-order valence-corrected chi connectivity index (χ3v) is 3.90. The summed E-state index contributed by atoms with van der Waals surface area (Å²) in [4.78, 5) is 0. The van der Waals surface area contributed by atoms with E-state index in [0.717, 1.165) is 38.5 Å². The molecule has 0 N–H and O–H groups in total. The Morgan fingerprint density at radius 1 is 1.00 bits per heavy atom. The highest BCUT2D eigenvalue weighted by Crippen LogP contribution is 2.33. The minimum Gasteiger partial charge on any atom is -0.457 e. The van der Waals surface area contributed by atoms with Gasteiger partial charge in [-0.3, -0.25) is 0 Å². The number of hydrogen-bond acceptors (Lipinski definition) is 1. The van der Waals surface area contributed by atoms with Crippen molar-refractivity contribution < 1.29 is 4.74 Å². The second kappa shape index (κ2) is 5.98. The van der Waals surface area contributed by atoms with Gasteiger partial charge < -0.3 is 4.74 Å². The molecule has 0 spiro atoms. The van der Waals surface area contributed by atoms with Crippen molar-refractivity contribution in [1.82, 2.24) is 0 Å². The van der Waals surface area contributed by atoms with Crippen LogP contribution < -0.4 is 4.74 Å². The molecule has 0 aliphatic carbocycles. The van der Waals surface area contributed by atoms with Crippen molar-refractivity contribution >= 4 is 27.5 Å². The maximum Gasteiger partial charge on any atom is 0.133 e. The maximum atomic E-state index is 6.05. The molecule has 0 aliphatic rings. The van der Waals surface area contributed by atoms with Crippen molar-refractivity contribution in [3.8, 4) is 11.5 Å². The molecular weight excluding hydrogens is 324 g/mol. The average molecular weight is 340 g/mol. The first-order valence-corrected chi connectivity index (χ1v) is 7.61. The summed E-state index contributed by atoms with van der Waals surface area (Å²) in [5.41, 5.74) is 4.48. The van der Waals surface area contributed by atoms with Gasteiger partial charge in [0.25, 0.3) is 0 Å². The maximum absolute atomic E-state index is 6.05. The van der Waals surface area contributed by atoms with Gasteiger partial charge in [-0.2, -0.15) is 0 Å². The number of benzene rings is 2. The van der Waals surface area contributed by atoms with Gasteiger partial charge >= 0.3 is 0 Å². The Kier molecular flexibility index (Phi) is 4.54. The zero-order valence-electron chi connectivity index (χ0n) is 11.3. The van der Waals surface area contributed by atoms with Gasteiger partial charge in [-0.25, -0.2) is 0 Å². The fourth-order valence-electron chi connectivity index (χ4n) is 2.08. The quantitative estimate of drug-likeness (QED) is 0.628. The van der Waals surface area contributed by atoms with Gasteiger partial charge in [-0.1, -0.05) is 39.7 Å². The molecule has 0 unspecified atom stereocenters. The number of ether oxygens (including phenoxy) is 1. The molecule has 2 rings (SSSR count). The summed E-state index contributed by atoms with van der Waals surface area (Å²) in [5, 5.41) is 1.60. The average Bonchev–Trinajstić information content (AvgIpc) is 2.35. The number of halogens is 2. The van der Waals surface area contributed by atoms with E-state index in [1.807, 2.05) is 32.0 Å². The monoisotopic (exact) mass is 338 g/mol. The minimum atomic E-state index is 0.744. The summed E-state index contributed by atoms with van der Waals surface area (Å²) in [6, 6.07) is 10.1. The molecule has 2 aromatic rings. The third-order valence-electron chi connectivity index (χ3n) is 3.03. The van der Waals surface area contributed by atoms with Crippen LogP contribution in [0.3, 0.4) is 0 Å². The first-order chi connectivity index (χ1) is 9.01. The predicted octanol–water partition coefficient (Wildman–Crippen LogP) is 5.95. The molecule has 0 amide bonds. The van der Waals surface area contributed by atoms with Gasteiger partial charge in [-0.05, 0) is 61.2 Å². The van der Waals surface area contributed by atoms with Crippen LogP contribution in [-0.4, -0.2) is 0 Å². The van der Waals surface area contributed by atoms with Crippen molar-refractivity contribution in [3.63, 3.8) is 0 Å². The first-order valence-electron chi connectivity index (χ1n) is 6.11. The van der Waals surface area contributed by atoms with E-state index in [0.29, 0.717) is 0 Å². The van der Waals surface area contributed by atoms with Crippen molar-refractivity contribution in [1.29, 1.82) is 0 Å². The molecule has 100 valence electrons. The van der Waals surface area contributed by atoms with Gasteiger partial charge in [0.1, 0.15) is 11.5 Å². The summed E-state index contributed by atoms with van der Waals surface area (Å²) in [6.07, 6.45) is 0. The number of aryl methyl sites for hydroxylation is 3. The second-order valence-corrected chi connectivity index (χ2v) is 5.70. The first kappa shape index (κ1) is 14.4. The molecule has 1 nitrogen and oxygen atoms in total. The molecule has 0 aliphatic heterocycles. The van der Waals surface area contributed by atoms with Crippen molar-refractivity contribution in [3.05, 3.63) is 57.6 Å². The highest BCUT2D eigenvalue weighted by Gasteiger charge is 2.09. The van der Waals surface area contributed by atoms with Gasteiger partial charge in [0.2, 0.25) is 0 Å². The zero-order valence-corrected chi connectivity index (χ0v) is 13.6. The van der Waals surface area contributed by atoms with E-state index in [9.17, 15) is 0 Å². The molecule has 0 saturated heterocycles.